The SMILES string of the molecule is CC(C)OCCOCCC1CCCC1(O)CN. The van der Waals surface area contributed by atoms with Gasteiger partial charge in [-0.2, -0.15) is 0 Å². The molecule has 0 amide bonds. The molecule has 2 atom stereocenters. The zero-order chi connectivity index (χ0) is 12.7. The molecule has 4 nitrogen and oxygen atoms in total. The van der Waals surface area contributed by atoms with Gasteiger partial charge in [-0.1, -0.05) is 6.42 Å². The topological polar surface area (TPSA) is 64.7 Å². The van der Waals surface area contributed by atoms with Crippen LogP contribution in [0.2, 0.25) is 0 Å². The fourth-order valence-electron chi connectivity index (χ4n) is 2.48. The van der Waals surface area contributed by atoms with Gasteiger partial charge < -0.3 is 20.3 Å². The van der Waals surface area contributed by atoms with Crippen LogP contribution in [0.4, 0.5) is 0 Å². The summed E-state index contributed by atoms with van der Waals surface area (Å²) in [6.45, 7) is 6.36. The molecule has 0 bridgehead atoms. The molecule has 0 aromatic carbocycles. The lowest BCUT2D eigenvalue weighted by Gasteiger charge is -2.28. The predicted molar refractivity (Wildman–Crippen MR) is 67.9 cm³/mol. The van der Waals surface area contributed by atoms with Crippen LogP contribution in [0.15, 0.2) is 0 Å². The first-order valence-corrected chi connectivity index (χ1v) is 6.70. The standard InChI is InChI=1S/C13H27NO3/c1-11(2)17-9-8-16-7-5-12-4-3-6-13(12,15)10-14/h11-12,15H,3-10,14H2,1-2H3. The second-order valence-electron chi connectivity index (χ2n) is 5.22. The minimum absolute atomic E-state index is 0.260. The molecule has 0 radical (unpaired) electrons. The number of aliphatic hydroxyl groups is 1. The normalized spacial score (nSPS) is 29.1. The van der Waals surface area contributed by atoms with Crippen molar-refractivity contribution < 1.29 is 14.6 Å². The Morgan fingerprint density at radius 2 is 2.12 bits per heavy atom. The van der Waals surface area contributed by atoms with Gasteiger partial charge in [0.2, 0.25) is 0 Å². The van der Waals surface area contributed by atoms with Crippen LogP contribution in [0.5, 0.6) is 0 Å². The fourth-order valence-corrected chi connectivity index (χ4v) is 2.48. The van der Waals surface area contributed by atoms with Crippen LogP contribution in [0.25, 0.3) is 0 Å². The Hall–Kier alpha value is -0.160. The molecule has 0 heterocycles. The fraction of sp³-hybridized carbons (Fsp3) is 1.00. The maximum absolute atomic E-state index is 10.2. The number of rotatable bonds is 8. The predicted octanol–water partition coefficient (Wildman–Crippen LogP) is 1.31. The van der Waals surface area contributed by atoms with E-state index in [2.05, 4.69) is 0 Å². The number of hydrogen-bond acceptors (Lipinski definition) is 4. The number of nitrogens with two attached hydrogens (primary N) is 1. The summed E-state index contributed by atoms with van der Waals surface area (Å²) in [6.07, 6.45) is 4.14. The van der Waals surface area contributed by atoms with E-state index >= 15 is 0 Å². The lowest BCUT2D eigenvalue weighted by atomic mass is 9.88. The molecule has 4 heteroatoms. The van der Waals surface area contributed by atoms with Crippen LogP contribution in [-0.2, 0) is 9.47 Å². The highest BCUT2D eigenvalue weighted by Gasteiger charge is 2.39. The molecule has 2 unspecified atom stereocenters. The van der Waals surface area contributed by atoms with Crippen molar-refractivity contribution >= 4 is 0 Å². The van der Waals surface area contributed by atoms with E-state index in [0.717, 1.165) is 25.7 Å². The van der Waals surface area contributed by atoms with Gasteiger partial charge in [0.25, 0.3) is 0 Å². The first kappa shape index (κ1) is 14.9. The summed E-state index contributed by atoms with van der Waals surface area (Å²) in [5.41, 5.74) is 4.99. The number of hydrogen-bond donors (Lipinski definition) is 2. The Morgan fingerprint density at radius 1 is 1.35 bits per heavy atom. The van der Waals surface area contributed by atoms with E-state index in [1.807, 2.05) is 13.8 Å². The average Bonchev–Trinajstić information content (AvgIpc) is 2.66. The quantitative estimate of drug-likeness (QED) is 0.633. The van der Waals surface area contributed by atoms with Crippen molar-refractivity contribution in [3.63, 3.8) is 0 Å². The number of ether oxygens (including phenoxy) is 2. The Labute approximate surface area is 104 Å². The molecule has 1 saturated carbocycles. The van der Waals surface area contributed by atoms with Crippen molar-refractivity contribution in [1.29, 1.82) is 0 Å². The van der Waals surface area contributed by atoms with Crippen molar-refractivity contribution in [3.8, 4) is 0 Å². The molecule has 17 heavy (non-hydrogen) atoms. The molecular formula is C13H27NO3. The highest BCUT2D eigenvalue weighted by molar-refractivity contribution is 4.92. The van der Waals surface area contributed by atoms with Crippen LogP contribution in [0, 0.1) is 5.92 Å². The zero-order valence-corrected chi connectivity index (χ0v) is 11.2. The van der Waals surface area contributed by atoms with Crippen LogP contribution in [0.3, 0.4) is 0 Å². The van der Waals surface area contributed by atoms with E-state index in [4.69, 9.17) is 15.2 Å². The van der Waals surface area contributed by atoms with Crippen molar-refractivity contribution in [2.24, 2.45) is 11.7 Å². The Morgan fingerprint density at radius 3 is 2.76 bits per heavy atom. The molecule has 1 rings (SSSR count). The van der Waals surface area contributed by atoms with Crippen LogP contribution >= 0.6 is 0 Å². The smallest absolute Gasteiger partial charge is 0.0798 e. The second kappa shape index (κ2) is 7.31. The molecule has 0 spiro atoms. The van der Waals surface area contributed by atoms with Crippen molar-refractivity contribution in [2.75, 3.05) is 26.4 Å². The van der Waals surface area contributed by atoms with Crippen molar-refractivity contribution in [3.05, 3.63) is 0 Å². The maximum atomic E-state index is 10.2. The Balaban J connectivity index is 2.06. The van der Waals surface area contributed by atoms with Gasteiger partial charge in [0.15, 0.2) is 0 Å². The Bertz CT molecular complexity index is 211. The first-order chi connectivity index (χ1) is 8.08. The molecule has 0 aromatic heterocycles. The van der Waals surface area contributed by atoms with E-state index in [0.29, 0.717) is 32.3 Å². The molecular weight excluding hydrogens is 218 g/mol. The molecule has 0 aromatic rings. The largest absolute Gasteiger partial charge is 0.388 e. The van der Waals surface area contributed by atoms with Gasteiger partial charge in [-0.05, 0) is 39.0 Å². The summed E-state index contributed by atoms with van der Waals surface area (Å²) < 4.78 is 10.9. The van der Waals surface area contributed by atoms with Gasteiger partial charge >= 0.3 is 0 Å². The summed E-state index contributed by atoms with van der Waals surface area (Å²) in [4.78, 5) is 0. The van der Waals surface area contributed by atoms with Gasteiger partial charge in [-0.25, -0.2) is 0 Å². The summed E-state index contributed by atoms with van der Waals surface area (Å²) >= 11 is 0. The lowest BCUT2D eigenvalue weighted by Crippen LogP contribution is -2.41. The minimum Gasteiger partial charge on any atom is -0.388 e. The third kappa shape index (κ3) is 4.92. The van der Waals surface area contributed by atoms with Crippen LogP contribution in [-0.4, -0.2) is 43.2 Å². The summed E-state index contributed by atoms with van der Waals surface area (Å²) in [6, 6.07) is 0. The van der Waals surface area contributed by atoms with Crippen LogP contribution in [0.1, 0.15) is 39.5 Å². The molecule has 1 aliphatic rings. The highest BCUT2D eigenvalue weighted by Crippen LogP contribution is 2.36. The van der Waals surface area contributed by atoms with Gasteiger partial charge in [0, 0.05) is 13.2 Å². The summed E-state index contributed by atoms with van der Waals surface area (Å²) in [5, 5.41) is 10.2. The third-order valence-electron chi connectivity index (χ3n) is 3.57. The van der Waals surface area contributed by atoms with Crippen LogP contribution < -0.4 is 5.73 Å². The first-order valence-electron chi connectivity index (χ1n) is 6.70. The zero-order valence-electron chi connectivity index (χ0n) is 11.2. The average molecular weight is 245 g/mol. The van der Waals surface area contributed by atoms with E-state index in [1.165, 1.54) is 0 Å². The van der Waals surface area contributed by atoms with Crippen molar-refractivity contribution in [2.45, 2.75) is 51.2 Å². The third-order valence-corrected chi connectivity index (χ3v) is 3.57. The molecule has 1 aliphatic carbocycles. The van der Waals surface area contributed by atoms with Crippen molar-refractivity contribution in [1.82, 2.24) is 0 Å². The Kier molecular flexibility index (Phi) is 6.41. The van der Waals surface area contributed by atoms with Gasteiger partial charge in [0.1, 0.15) is 0 Å². The summed E-state index contributed by atoms with van der Waals surface area (Å²) in [5.74, 6) is 0.304. The van der Waals surface area contributed by atoms with E-state index in [-0.39, 0.29) is 6.10 Å². The molecule has 0 saturated heterocycles. The maximum Gasteiger partial charge on any atom is 0.0798 e. The highest BCUT2D eigenvalue weighted by atomic mass is 16.5. The monoisotopic (exact) mass is 245 g/mol. The van der Waals surface area contributed by atoms with E-state index in [1.54, 1.807) is 0 Å². The molecule has 1 fully saturated rings. The van der Waals surface area contributed by atoms with E-state index < -0.39 is 5.60 Å². The van der Waals surface area contributed by atoms with Gasteiger partial charge in [-0.15, -0.1) is 0 Å². The minimum atomic E-state index is -0.641. The second-order valence-corrected chi connectivity index (χ2v) is 5.22. The molecule has 0 aliphatic heterocycles. The molecule has 3 N–H and O–H groups in total. The van der Waals surface area contributed by atoms with Gasteiger partial charge in [-0.3, -0.25) is 0 Å². The lowest BCUT2D eigenvalue weighted by molar-refractivity contribution is -0.0152. The summed E-state index contributed by atoms with van der Waals surface area (Å²) in [7, 11) is 0. The molecule has 102 valence electrons. The van der Waals surface area contributed by atoms with E-state index in [9.17, 15) is 5.11 Å². The van der Waals surface area contributed by atoms with Gasteiger partial charge in [0.05, 0.1) is 24.9 Å².